The van der Waals surface area contributed by atoms with E-state index < -0.39 is 5.91 Å². The molecule has 9 heteroatoms. The van der Waals surface area contributed by atoms with Crippen LogP contribution in [0, 0.1) is 0 Å². The van der Waals surface area contributed by atoms with Crippen LogP contribution < -0.4 is 21.3 Å². The van der Waals surface area contributed by atoms with Gasteiger partial charge in [-0.05, 0) is 48.0 Å². The van der Waals surface area contributed by atoms with Crippen molar-refractivity contribution >= 4 is 51.8 Å². The van der Waals surface area contributed by atoms with Crippen LogP contribution in [0.15, 0.2) is 60.9 Å². The highest BCUT2D eigenvalue weighted by atomic mass is 35.5. The van der Waals surface area contributed by atoms with Gasteiger partial charge in [0.15, 0.2) is 5.65 Å². The fraction of sp³-hybridized carbons (Fsp3) is 0.200. The van der Waals surface area contributed by atoms with Gasteiger partial charge in [-0.2, -0.15) is 0 Å². The molecule has 34 heavy (non-hydrogen) atoms. The number of aromatic nitrogens is 2. The normalized spacial score (nSPS) is 13.9. The molecule has 1 aliphatic rings. The number of nitrogens with one attached hydrogen (secondary N) is 2. The number of primary amides is 1. The number of halogens is 2. The van der Waals surface area contributed by atoms with Gasteiger partial charge in [0.25, 0.3) is 5.91 Å². The average Bonchev–Trinajstić information content (AvgIpc) is 3.32. The summed E-state index contributed by atoms with van der Waals surface area (Å²) in [6.45, 7) is 3.90. The molecule has 1 fully saturated rings. The number of pyridine rings is 1. The van der Waals surface area contributed by atoms with E-state index in [1.807, 2.05) is 40.8 Å². The predicted octanol–water partition coefficient (Wildman–Crippen LogP) is 4.48. The Bertz CT molecular complexity index is 1330. The molecule has 1 saturated heterocycles. The first-order valence-corrected chi connectivity index (χ1v) is 11.8. The maximum Gasteiger partial charge on any atom is 0.254 e. The second-order valence-corrected chi connectivity index (χ2v) is 9.01. The average molecular weight is 495 g/mol. The third kappa shape index (κ3) is 4.42. The molecule has 0 radical (unpaired) electrons. The van der Waals surface area contributed by atoms with E-state index in [-0.39, 0.29) is 0 Å². The SMILES string of the molecule is NC(=O)c1c(Nc2ccc(N3CCNCC3)cc2)cc(Cc2c(Cl)cccc2Cl)n2ccnc12. The molecule has 5 rings (SSSR count). The molecular weight excluding hydrogens is 471 g/mol. The van der Waals surface area contributed by atoms with Crippen molar-refractivity contribution < 1.29 is 4.79 Å². The highest BCUT2D eigenvalue weighted by Gasteiger charge is 2.19. The van der Waals surface area contributed by atoms with Crippen LogP contribution in [-0.2, 0) is 6.42 Å². The number of carbonyl (C=O) groups excluding carboxylic acids is 1. The molecule has 2 aromatic heterocycles. The van der Waals surface area contributed by atoms with Crippen molar-refractivity contribution in [1.82, 2.24) is 14.7 Å². The lowest BCUT2D eigenvalue weighted by atomic mass is 10.1. The molecule has 0 bridgehead atoms. The first kappa shape index (κ1) is 22.5. The fourth-order valence-electron chi connectivity index (χ4n) is 4.34. The van der Waals surface area contributed by atoms with Crippen molar-refractivity contribution in [3.05, 3.63) is 87.8 Å². The zero-order valence-electron chi connectivity index (χ0n) is 18.4. The number of hydrogen-bond acceptors (Lipinski definition) is 5. The van der Waals surface area contributed by atoms with Gasteiger partial charge >= 0.3 is 0 Å². The molecule has 4 aromatic rings. The molecule has 4 N–H and O–H groups in total. The van der Waals surface area contributed by atoms with Gasteiger partial charge in [-0.25, -0.2) is 4.98 Å². The van der Waals surface area contributed by atoms with Crippen molar-refractivity contribution in [2.24, 2.45) is 5.73 Å². The number of fused-ring (bicyclic) bond motifs is 1. The van der Waals surface area contributed by atoms with E-state index in [4.69, 9.17) is 28.9 Å². The Morgan fingerprint density at radius 3 is 2.47 bits per heavy atom. The monoisotopic (exact) mass is 494 g/mol. The molecule has 1 aliphatic heterocycles. The summed E-state index contributed by atoms with van der Waals surface area (Å²) in [7, 11) is 0. The summed E-state index contributed by atoms with van der Waals surface area (Å²) in [5, 5.41) is 7.90. The summed E-state index contributed by atoms with van der Waals surface area (Å²) in [5.41, 5.74) is 10.9. The van der Waals surface area contributed by atoms with Crippen molar-refractivity contribution in [1.29, 1.82) is 0 Å². The first-order chi connectivity index (χ1) is 16.5. The van der Waals surface area contributed by atoms with E-state index in [2.05, 4.69) is 32.7 Å². The van der Waals surface area contributed by atoms with E-state index in [0.29, 0.717) is 33.4 Å². The number of rotatable bonds is 6. The maximum absolute atomic E-state index is 12.4. The number of anilines is 3. The minimum absolute atomic E-state index is 0.324. The molecule has 0 saturated carbocycles. The Labute approximate surface area is 207 Å². The van der Waals surface area contributed by atoms with Gasteiger partial charge in [0.1, 0.15) is 5.56 Å². The number of piperazine rings is 1. The van der Waals surface area contributed by atoms with Gasteiger partial charge < -0.3 is 25.7 Å². The largest absolute Gasteiger partial charge is 0.369 e. The third-order valence-corrected chi connectivity index (χ3v) is 6.76. The highest BCUT2D eigenvalue weighted by molar-refractivity contribution is 6.36. The number of benzene rings is 2. The second kappa shape index (κ2) is 9.54. The van der Waals surface area contributed by atoms with Crippen LogP contribution >= 0.6 is 23.2 Å². The number of amides is 1. The van der Waals surface area contributed by atoms with Crippen LogP contribution in [0.25, 0.3) is 5.65 Å². The Hall–Kier alpha value is -3.26. The smallest absolute Gasteiger partial charge is 0.254 e. The minimum Gasteiger partial charge on any atom is -0.369 e. The quantitative estimate of drug-likeness (QED) is 0.367. The van der Waals surface area contributed by atoms with Gasteiger partial charge in [-0.1, -0.05) is 29.3 Å². The summed E-state index contributed by atoms with van der Waals surface area (Å²) in [5.74, 6) is -0.557. The lowest BCUT2D eigenvalue weighted by Gasteiger charge is -2.29. The van der Waals surface area contributed by atoms with Crippen molar-refractivity contribution in [2.45, 2.75) is 6.42 Å². The molecule has 3 heterocycles. The van der Waals surface area contributed by atoms with E-state index in [0.717, 1.165) is 43.1 Å². The van der Waals surface area contributed by atoms with E-state index in [9.17, 15) is 4.79 Å². The van der Waals surface area contributed by atoms with Crippen LogP contribution in [0.4, 0.5) is 17.1 Å². The van der Waals surface area contributed by atoms with Gasteiger partial charge in [-0.15, -0.1) is 0 Å². The van der Waals surface area contributed by atoms with E-state index in [1.54, 1.807) is 12.4 Å². The minimum atomic E-state index is -0.557. The van der Waals surface area contributed by atoms with Crippen LogP contribution in [0.2, 0.25) is 10.0 Å². The zero-order chi connectivity index (χ0) is 23.7. The summed E-state index contributed by atoms with van der Waals surface area (Å²) >= 11 is 12.9. The lowest BCUT2D eigenvalue weighted by molar-refractivity contribution is 0.100. The molecule has 0 aliphatic carbocycles. The molecule has 7 nitrogen and oxygen atoms in total. The van der Waals surface area contributed by atoms with E-state index in [1.165, 1.54) is 5.69 Å². The van der Waals surface area contributed by atoms with Crippen molar-refractivity contribution in [2.75, 3.05) is 36.4 Å². The van der Waals surface area contributed by atoms with Crippen molar-refractivity contribution in [3.8, 4) is 0 Å². The molecular formula is C25H24Cl2N6O. The summed E-state index contributed by atoms with van der Waals surface area (Å²) in [6.07, 6.45) is 3.90. The molecule has 1 amide bonds. The number of nitrogens with two attached hydrogens (primary N) is 1. The fourth-order valence-corrected chi connectivity index (χ4v) is 4.87. The van der Waals surface area contributed by atoms with Crippen LogP contribution in [0.1, 0.15) is 21.6 Å². The van der Waals surface area contributed by atoms with Gasteiger partial charge in [-0.3, -0.25) is 4.79 Å². The van der Waals surface area contributed by atoms with Crippen LogP contribution in [0.5, 0.6) is 0 Å². The van der Waals surface area contributed by atoms with Crippen LogP contribution in [0.3, 0.4) is 0 Å². The number of imidazole rings is 1. The van der Waals surface area contributed by atoms with Gasteiger partial charge in [0.05, 0.1) is 5.69 Å². The predicted molar refractivity (Wildman–Crippen MR) is 138 cm³/mol. The molecule has 0 unspecified atom stereocenters. The molecule has 174 valence electrons. The molecule has 0 atom stereocenters. The Morgan fingerprint density at radius 2 is 1.79 bits per heavy atom. The van der Waals surface area contributed by atoms with E-state index >= 15 is 0 Å². The third-order valence-electron chi connectivity index (χ3n) is 6.05. The molecule has 0 spiro atoms. The highest BCUT2D eigenvalue weighted by Crippen LogP contribution is 2.31. The second-order valence-electron chi connectivity index (χ2n) is 8.20. The topological polar surface area (TPSA) is 87.7 Å². The Kier molecular flexibility index (Phi) is 6.32. The Balaban J connectivity index is 1.52. The van der Waals surface area contributed by atoms with Gasteiger partial charge in [0.2, 0.25) is 0 Å². The van der Waals surface area contributed by atoms with Crippen LogP contribution in [-0.4, -0.2) is 41.5 Å². The summed E-state index contributed by atoms with van der Waals surface area (Å²) in [4.78, 5) is 19.2. The standard InChI is InChI=1S/C25H24Cl2N6O/c26-20-2-1-3-21(27)19(20)14-18-15-22(23(24(28)34)25-30-10-13-33(18)25)31-16-4-6-17(7-5-16)32-11-8-29-9-12-32/h1-7,10,13,15,29,31H,8-9,11-12,14H2,(H2,28,34). The number of nitrogens with zero attached hydrogens (tertiary/aromatic N) is 3. The van der Waals surface area contributed by atoms with Crippen molar-refractivity contribution in [3.63, 3.8) is 0 Å². The lowest BCUT2D eigenvalue weighted by Crippen LogP contribution is -2.43. The number of hydrogen-bond donors (Lipinski definition) is 3. The first-order valence-electron chi connectivity index (χ1n) is 11.1. The Morgan fingerprint density at radius 1 is 1.09 bits per heavy atom. The molecule has 2 aromatic carbocycles. The summed E-state index contributed by atoms with van der Waals surface area (Å²) in [6, 6.07) is 15.5. The van der Waals surface area contributed by atoms with Gasteiger partial charge in [0, 0.05) is 72.1 Å². The number of carbonyl (C=O) groups is 1. The maximum atomic E-state index is 12.4. The summed E-state index contributed by atoms with van der Waals surface area (Å²) < 4.78 is 1.85. The zero-order valence-corrected chi connectivity index (χ0v) is 19.9.